The predicted octanol–water partition coefficient (Wildman–Crippen LogP) is 5.16. The van der Waals surface area contributed by atoms with Crippen molar-refractivity contribution in [1.82, 2.24) is 30.1 Å². The lowest BCUT2D eigenvalue weighted by Crippen LogP contribution is -2.36. The van der Waals surface area contributed by atoms with Crippen LogP contribution in [0.2, 0.25) is 0 Å². The second-order valence-electron chi connectivity index (χ2n) is 9.03. The number of rotatable bonds is 6. The Morgan fingerprint density at radius 1 is 1.16 bits per heavy atom. The van der Waals surface area contributed by atoms with Gasteiger partial charge in [0.25, 0.3) is 0 Å². The van der Waals surface area contributed by atoms with Crippen molar-refractivity contribution in [2.75, 3.05) is 31.2 Å². The van der Waals surface area contributed by atoms with Gasteiger partial charge in [0.15, 0.2) is 11.5 Å². The lowest BCUT2D eigenvalue weighted by atomic mass is 10.0. The number of allylic oxidation sites excluding steroid dienone is 3. The summed E-state index contributed by atoms with van der Waals surface area (Å²) < 4.78 is 20.2. The highest BCUT2D eigenvalue weighted by molar-refractivity contribution is 5.96. The Labute approximate surface area is 217 Å². The van der Waals surface area contributed by atoms with Gasteiger partial charge in [-0.2, -0.15) is 5.10 Å². The third-order valence-corrected chi connectivity index (χ3v) is 6.60. The van der Waals surface area contributed by atoms with Crippen LogP contribution in [-0.2, 0) is 4.74 Å². The third kappa shape index (κ3) is 4.46. The molecule has 0 aliphatic carbocycles. The third-order valence-electron chi connectivity index (χ3n) is 6.60. The standard InChI is InChI=1S/C28H25FN8O/c1-17(4-3-5-30-2)19-12-22-26(35-36-27(22)32-14-19)28-33-24-16-31-15-23(25(24)34-28)18-10-20(29)13-21(11-18)37-6-8-38-9-7-37/h3-5,10-16H,2,6-9H2,1H3,(H,33,34)(H,32,35,36)/b5-3-,17-4+. The van der Waals surface area contributed by atoms with E-state index in [1.54, 1.807) is 30.9 Å². The first-order chi connectivity index (χ1) is 18.6. The number of nitrogens with one attached hydrogen (secondary N) is 2. The minimum atomic E-state index is -0.309. The second kappa shape index (κ2) is 9.98. The molecule has 1 aromatic carbocycles. The van der Waals surface area contributed by atoms with Crippen LogP contribution in [0, 0.1) is 5.82 Å². The molecule has 2 N–H and O–H groups in total. The SMILES string of the molecule is C=N/C=C\C=C(/C)c1cnc2[nH]nc(-c3nc4c(-c5cc(F)cc(N6CCOCC6)c5)cncc4[nH]3)c2c1. The van der Waals surface area contributed by atoms with Gasteiger partial charge in [0.1, 0.15) is 11.5 Å². The van der Waals surface area contributed by atoms with Gasteiger partial charge in [0, 0.05) is 42.9 Å². The first-order valence-corrected chi connectivity index (χ1v) is 12.2. The normalized spacial score (nSPS) is 14.7. The van der Waals surface area contributed by atoms with Gasteiger partial charge in [-0.15, -0.1) is 0 Å². The van der Waals surface area contributed by atoms with Gasteiger partial charge in [-0.3, -0.25) is 15.1 Å². The second-order valence-corrected chi connectivity index (χ2v) is 9.03. The zero-order chi connectivity index (χ0) is 26.1. The van der Waals surface area contributed by atoms with Crippen molar-refractivity contribution in [1.29, 1.82) is 0 Å². The lowest BCUT2D eigenvalue weighted by Gasteiger charge is -2.29. The molecule has 38 heavy (non-hydrogen) atoms. The van der Waals surface area contributed by atoms with Crippen molar-refractivity contribution in [3.63, 3.8) is 0 Å². The van der Waals surface area contributed by atoms with Crippen LogP contribution in [0.1, 0.15) is 12.5 Å². The molecular formula is C28H25FN8O. The van der Waals surface area contributed by atoms with Crippen molar-refractivity contribution in [2.45, 2.75) is 6.92 Å². The molecular weight excluding hydrogens is 483 g/mol. The van der Waals surface area contributed by atoms with Crippen LogP contribution < -0.4 is 4.90 Å². The number of halogens is 1. The maximum atomic E-state index is 14.7. The van der Waals surface area contributed by atoms with Gasteiger partial charge < -0.3 is 14.6 Å². The molecule has 190 valence electrons. The summed E-state index contributed by atoms with van der Waals surface area (Å²) in [6.45, 7) is 8.13. The Kier molecular flexibility index (Phi) is 6.22. The van der Waals surface area contributed by atoms with E-state index >= 15 is 0 Å². The smallest absolute Gasteiger partial charge is 0.159 e. The maximum absolute atomic E-state index is 14.7. The average Bonchev–Trinajstić information content (AvgIpc) is 3.57. The predicted molar refractivity (Wildman–Crippen MR) is 148 cm³/mol. The first kappa shape index (κ1) is 23.7. The summed E-state index contributed by atoms with van der Waals surface area (Å²) in [6.07, 6.45) is 10.6. The van der Waals surface area contributed by atoms with Crippen LogP contribution in [0.15, 0.2) is 66.2 Å². The molecule has 0 saturated carbocycles. The number of morpholine rings is 1. The molecule has 0 bridgehead atoms. The first-order valence-electron chi connectivity index (χ1n) is 12.2. The molecule has 0 radical (unpaired) electrons. The Morgan fingerprint density at radius 3 is 2.87 bits per heavy atom. The molecule has 0 spiro atoms. The number of benzene rings is 1. The highest BCUT2D eigenvalue weighted by atomic mass is 19.1. The molecule has 1 fully saturated rings. The number of hydrogen-bond donors (Lipinski definition) is 2. The quantitative estimate of drug-likeness (QED) is 0.242. The minimum Gasteiger partial charge on any atom is -0.378 e. The molecule has 9 nitrogen and oxygen atoms in total. The van der Waals surface area contributed by atoms with E-state index in [9.17, 15) is 4.39 Å². The Balaban J connectivity index is 1.42. The van der Waals surface area contributed by atoms with Crippen LogP contribution >= 0.6 is 0 Å². The van der Waals surface area contributed by atoms with E-state index in [0.29, 0.717) is 41.5 Å². The monoisotopic (exact) mass is 508 g/mol. The van der Waals surface area contributed by atoms with Crippen molar-refractivity contribution < 1.29 is 9.13 Å². The fourth-order valence-electron chi connectivity index (χ4n) is 4.63. The summed E-state index contributed by atoms with van der Waals surface area (Å²) in [5, 5.41) is 8.31. The van der Waals surface area contributed by atoms with E-state index in [0.717, 1.165) is 46.4 Å². The van der Waals surface area contributed by atoms with E-state index in [-0.39, 0.29) is 5.82 Å². The number of H-pyrrole nitrogens is 2. The van der Waals surface area contributed by atoms with E-state index in [1.807, 2.05) is 31.2 Å². The highest BCUT2D eigenvalue weighted by Crippen LogP contribution is 2.33. The van der Waals surface area contributed by atoms with Crippen LogP contribution in [0.4, 0.5) is 10.1 Å². The number of pyridine rings is 2. The number of anilines is 1. The Bertz CT molecular complexity index is 1710. The molecule has 1 saturated heterocycles. The van der Waals surface area contributed by atoms with Gasteiger partial charge in [0.05, 0.1) is 35.8 Å². The average molecular weight is 509 g/mol. The van der Waals surface area contributed by atoms with Gasteiger partial charge in [0.2, 0.25) is 0 Å². The largest absolute Gasteiger partial charge is 0.378 e. The number of fused-ring (bicyclic) bond motifs is 2. The molecule has 0 amide bonds. The van der Waals surface area contributed by atoms with Crippen molar-refractivity contribution in [3.8, 4) is 22.6 Å². The Hall–Kier alpha value is -4.70. The fourth-order valence-corrected chi connectivity index (χ4v) is 4.63. The van der Waals surface area contributed by atoms with Crippen molar-refractivity contribution in [2.24, 2.45) is 4.99 Å². The number of hydrogen-bond acceptors (Lipinski definition) is 7. The van der Waals surface area contributed by atoms with Crippen LogP contribution in [0.5, 0.6) is 0 Å². The van der Waals surface area contributed by atoms with Gasteiger partial charge in [-0.05, 0) is 60.7 Å². The molecule has 6 rings (SSSR count). The number of aromatic amines is 2. The van der Waals surface area contributed by atoms with Crippen molar-refractivity contribution in [3.05, 3.63) is 72.6 Å². The summed E-state index contributed by atoms with van der Waals surface area (Å²) in [5.74, 6) is 0.262. The van der Waals surface area contributed by atoms with Crippen LogP contribution in [0.25, 0.3) is 50.3 Å². The van der Waals surface area contributed by atoms with Crippen LogP contribution in [0.3, 0.4) is 0 Å². The van der Waals surface area contributed by atoms with Crippen molar-refractivity contribution >= 4 is 40.0 Å². The number of nitrogens with zero attached hydrogens (tertiary/aromatic N) is 6. The lowest BCUT2D eigenvalue weighted by molar-refractivity contribution is 0.122. The molecule has 0 atom stereocenters. The fraction of sp³-hybridized carbons (Fsp3) is 0.179. The van der Waals surface area contributed by atoms with Gasteiger partial charge >= 0.3 is 0 Å². The number of ether oxygens (including phenoxy) is 1. The summed E-state index contributed by atoms with van der Waals surface area (Å²) in [6, 6.07) is 7.07. The molecule has 5 aromatic rings. The maximum Gasteiger partial charge on any atom is 0.159 e. The molecule has 10 heteroatoms. The van der Waals surface area contributed by atoms with E-state index in [4.69, 9.17) is 9.72 Å². The zero-order valence-corrected chi connectivity index (χ0v) is 20.8. The van der Waals surface area contributed by atoms with E-state index in [1.165, 1.54) is 6.07 Å². The molecule has 0 unspecified atom stereocenters. The van der Waals surface area contributed by atoms with E-state index in [2.05, 4.69) is 41.8 Å². The highest BCUT2D eigenvalue weighted by Gasteiger charge is 2.18. The summed E-state index contributed by atoms with van der Waals surface area (Å²) in [5.41, 5.74) is 6.93. The number of aromatic nitrogens is 6. The number of imidazole rings is 1. The zero-order valence-electron chi connectivity index (χ0n) is 20.8. The number of aliphatic imine (C=N–C) groups is 1. The van der Waals surface area contributed by atoms with Gasteiger partial charge in [-0.1, -0.05) is 6.08 Å². The molecule has 4 aromatic heterocycles. The topological polar surface area (TPSA) is 108 Å². The Morgan fingerprint density at radius 2 is 2.03 bits per heavy atom. The van der Waals surface area contributed by atoms with Crippen LogP contribution in [-0.4, -0.2) is 63.2 Å². The summed E-state index contributed by atoms with van der Waals surface area (Å²) >= 11 is 0. The minimum absolute atomic E-state index is 0.309. The molecule has 5 heterocycles. The summed E-state index contributed by atoms with van der Waals surface area (Å²) in [7, 11) is 0. The van der Waals surface area contributed by atoms with Gasteiger partial charge in [-0.25, -0.2) is 14.4 Å². The molecule has 1 aliphatic heterocycles. The van der Waals surface area contributed by atoms with E-state index < -0.39 is 0 Å². The molecule has 1 aliphatic rings. The summed E-state index contributed by atoms with van der Waals surface area (Å²) in [4.78, 5) is 23.0.